The van der Waals surface area contributed by atoms with Crippen molar-refractivity contribution in [3.05, 3.63) is 24.3 Å². The van der Waals surface area contributed by atoms with Crippen LogP contribution in [0.1, 0.15) is 39.0 Å². The maximum absolute atomic E-state index is 12.3. The number of rotatable bonds is 3. The van der Waals surface area contributed by atoms with E-state index in [9.17, 15) is 4.79 Å². The fourth-order valence-electron chi connectivity index (χ4n) is 3.79. The number of nitrogens with zero attached hydrogens (tertiary/aromatic N) is 1. The van der Waals surface area contributed by atoms with Crippen molar-refractivity contribution in [1.82, 2.24) is 0 Å². The predicted molar refractivity (Wildman–Crippen MR) is 80.0 cm³/mol. The zero-order valence-electron chi connectivity index (χ0n) is 12.3. The summed E-state index contributed by atoms with van der Waals surface area (Å²) < 4.78 is 5.19. The second-order valence-electron chi connectivity index (χ2n) is 6.08. The van der Waals surface area contributed by atoms with Crippen molar-refractivity contribution < 1.29 is 9.53 Å². The van der Waals surface area contributed by atoms with Crippen molar-refractivity contribution in [2.24, 2.45) is 11.8 Å². The Morgan fingerprint density at radius 3 is 2.35 bits per heavy atom. The van der Waals surface area contributed by atoms with E-state index in [1.54, 1.807) is 7.11 Å². The Hall–Kier alpha value is -1.51. The summed E-state index contributed by atoms with van der Waals surface area (Å²) in [6, 6.07) is 8.26. The van der Waals surface area contributed by atoms with Gasteiger partial charge in [-0.3, -0.25) is 4.79 Å². The lowest BCUT2D eigenvalue weighted by atomic mass is 9.73. The van der Waals surface area contributed by atoms with E-state index < -0.39 is 0 Å². The number of methoxy groups -OCH3 is 1. The van der Waals surface area contributed by atoms with Gasteiger partial charge >= 0.3 is 0 Å². The number of hydrogen-bond acceptors (Lipinski definition) is 2. The van der Waals surface area contributed by atoms with Gasteiger partial charge in [0.2, 0.25) is 5.91 Å². The Bertz CT molecular complexity index is 476. The Labute approximate surface area is 120 Å². The first-order chi connectivity index (χ1) is 9.72. The predicted octanol–water partition coefficient (Wildman–Crippen LogP) is 3.63. The molecule has 108 valence electrons. The van der Waals surface area contributed by atoms with E-state index in [1.165, 1.54) is 32.1 Å². The minimum Gasteiger partial charge on any atom is -0.497 e. The maximum atomic E-state index is 12.3. The van der Waals surface area contributed by atoms with Crippen LogP contribution in [0.15, 0.2) is 24.3 Å². The van der Waals surface area contributed by atoms with Crippen LogP contribution in [0, 0.1) is 11.8 Å². The minimum atomic E-state index is 0.181. The Balaban J connectivity index is 1.80. The second-order valence-corrected chi connectivity index (χ2v) is 6.08. The van der Waals surface area contributed by atoms with E-state index in [0.717, 1.165) is 11.4 Å². The van der Waals surface area contributed by atoms with Crippen LogP contribution in [0.5, 0.6) is 5.75 Å². The molecule has 1 aliphatic heterocycles. The molecular weight excluding hydrogens is 250 g/mol. The summed E-state index contributed by atoms with van der Waals surface area (Å²) in [7, 11) is 1.66. The van der Waals surface area contributed by atoms with Gasteiger partial charge in [-0.25, -0.2) is 0 Å². The topological polar surface area (TPSA) is 29.5 Å². The van der Waals surface area contributed by atoms with Crippen molar-refractivity contribution in [2.75, 3.05) is 12.0 Å². The molecule has 3 nitrogen and oxygen atoms in total. The SMILES string of the molecule is COc1ccc(N2C(=O)[C@H](C)[C@H]2C2CCCCC2)cc1. The van der Waals surface area contributed by atoms with E-state index in [4.69, 9.17) is 4.74 Å². The third kappa shape index (κ3) is 2.19. The summed E-state index contributed by atoms with van der Waals surface area (Å²) in [5, 5.41) is 0. The number of carbonyl (C=O) groups is 1. The molecule has 3 rings (SSSR count). The largest absolute Gasteiger partial charge is 0.497 e. The molecular formula is C17H23NO2. The van der Waals surface area contributed by atoms with E-state index >= 15 is 0 Å². The third-order valence-corrected chi connectivity index (χ3v) is 4.92. The van der Waals surface area contributed by atoms with Crippen LogP contribution < -0.4 is 9.64 Å². The van der Waals surface area contributed by atoms with Crippen LogP contribution in [0.25, 0.3) is 0 Å². The first-order valence-corrected chi connectivity index (χ1v) is 7.69. The highest BCUT2D eigenvalue weighted by Gasteiger charge is 2.48. The first kappa shape index (κ1) is 13.5. The number of ether oxygens (including phenoxy) is 1. The molecule has 0 radical (unpaired) electrons. The zero-order chi connectivity index (χ0) is 14.1. The molecule has 1 aliphatic carbocycles. The van der Waals surface area contributed by atoms with Gasteiger partial charge in [0.05, 0.1) is 19.1 Å². The van der Waals surface area contributed by atoms with Crippen molar-refractivity contribution in [3.8, 4) is 5.75 Å². The second kappa shape index (κ2) is 5.47. The van der Waals surface area contributed by atoms with Crippen LogP contribution in [-0.2, 0) is 4.79 Å². The highest BCUT2D eigenvalue weighted by atomic mass is 16.5. The van der Waals surface area contributed by atoms with Gasteiger partial charge in [0.15, 0.2) is 0 Å². The molecule has 0 N–H and O–H groups in total. The molecule has 1 aromatic carbocycles. The van der Waals surface area contributed by atoms with Gasteiger partial charge in [-0.05, 0) is 43.0 Å². The molecule has 0 unspecified atom stereocenters. The first-order valence-electron chi connectivity index (χ1n) is 7.69. The molecule has 2 aliphatic rings. The number of amides is 1. The molecule has 0 aromatic heterocycles. The molecule has 2 atom stereocenters. The van der Waals surface area contributed by atoms with Gasteiger partial charge in [-0.2, -0.15) is 0 Å². The van der Waals surface area contributed by atoms with Crippen molar-refractivity contribution in [2.45, 2.75) is 45.1 Å². The highest BCUT2D eigenvalue weighted by Crippen LogP contribution is 2.42. The number of β-lactam (4-membered cyclic amide) rings is 1. The average molecular weight is 273 g/mol. The van der Waals surface area contributed by atoms with E-state index in [1.807, 2.05) is 29.2 Å². The summed E-state index contributed by atoms with van der Waals surface area (Å²) in [6.07, 6.45) is 6.54. The van der Waals surface area contributed by atoms with Crippen molar-refractivity contribution in [3.63, 3.8) is 0 Å². The lowest BCUT2D eigenvalue weighted by Crippen LogP contribution is -2.63. The molecule has 1 heterocycles. The summed E-state index contributed by atoms with van der Waals surface area (Å²) in [6.45, 7) is 2.08. The normalized spacial score (nSPS) is 27.3. The Morgan fingerprint density at radius 2 is 1.75 bits per heavy atom. The van der Waals surface area contributed by atoms with Gasteiger partial charge in [-0.1, -0.05) is 26.2 Å². The number of benzene rings is 1. The van der Waals surface area contributed by atoms with Gasteiger partial charge < -0.3 is 9.64 Å². The maximum Gasteiger partial charge on any atom is 0.232 e. The van der Waals surface area contributed by atoms with E-state index in [2.05, 4.69) is 6.92 Å². The summed E-state index contributed by atoms with van der Waals surface area (Å²) >= 11 is 0. The molecule has 1 aromatic rings. The lowest BCUT2D eigenvalue weighted by Gasteiger charge is -2.50. The molecule has 0 spiro atoms. The smallest absolute Gasteiger partial charge is 0.232 e. The number of hydrogen-bond donors (Lipinski definition) is 0. The van der Waals surface area contributed by atoms with Crippen LogP contribution in [0.3, 0.4) is 0 Å². The quantitative estimate of drug-likeness (QED) is 0.787. The van der Waals surface area contributed by atoms with Gasteiger partial charge in [0, 0.05) is 5.69 Å². The van der Waals surface area contributed by atoms with Crippen LogP contribution >= 0.6 is 0 Å². The van der Waals surface area contributed by atoms with Crippen LogP contribution in [0.2, 0.25) is 0 Å². The zero-order valence-corrected chi connectivity index (χ0v) is 12.3. The van der Waals surface area contributed by atoms with E-state index in [0.29, 0.717) is 12.0 Å². The van der Waals surface area contributed by atoms with E-state index in [-0.39, 0.29) is 11.8 Å². The molecule has 1 saturated carbocycles. The molecule has 20 heavy (non-hydrogen) atoms. The molecule has 0 bridgehead atoms. The minimum absolute atomic E-state index is 0.181. The molecule has 1 amide bonds. The standard InChI is InChI=1S/C17H23NO2/c1-12-16(13-6-4-3-5-7-13)18(17(12)19)14-8-10-15(20-2)11-9-14/h8-13,16H,3-7H2,1-2H3/t12-,16+/m1/s1. The summed E-state index contributed by atoms with van der Waals surface area (Å²) in [4.78, 5) is 14.3. The third-order valence-electron chi connectivity index (χ3n) is 4.92. The molecule has 1 saturated heterocycles. The van der Waals surface area contributed by atoms with Crippen molar-refractivity contribution in [1.29, 1.82) is 0 Å². The fourth-order valence-corrected chi connectivity index (χ4v) is 3.79. The number of carbonyl (C=O) groups excluding carboxylic acids is 1. The van der Waals surface area contributed by atoms with Gasteiger partial charge in [0.1, 0.15) is 5.75 Å². The fraction of sp³-hybridized carbons (Fsp3) is 0.588. The molecule has 2 fully saturated rings. The highest BCUT2D eigenvalue weighted by molar-refractivity contribution is 6.02. The Kier molecular flexibility index (Phi) is 3.68. The van der Waals surface area contributed by atoms with Gasteiger partial charge in [0.25, 0.3) is 0 Å². The van der Waals surface area contributed by atoms with Crippen LogP contribution in [0.4, 0.5) is 5.69 Å². The van der Waals surface area contributed by atoms with Crippen LogP contribution in [-0.4, -0.2) is 19.1 Å². The monoisotopic (exact) mass is 273 g/mol. The summed E-state index contributed by atoms with van der Waals surface area (Å²) in [5.41, 5.74) is 1.02. The molecule has 3 heteroatoms. The Morgan fingerprint density at radius 1 is 1.10 bits per heavy atom. The average Bonchev–Trinajstić information content (AvgIpc) is 2.52. The number of anilines is 1. The lowest BCUT2D eigenvalue weighted by molar-refractivity contribution is -0.131. The van der Waals surface area contributed by atoms with Crippen molar-refractivity contribution >= 4 is 11.6 Å². The van der Waals surface area contributed by atoms with Gasteiger partial charge in [-0.15, -0.1) is 0 Å². The summed E-state index contributed by atoms with van der Waals surface area (Å²) in [5.74, 6) is 1.97.